The fourth-order valence-electron chi connectivity index (χ4n) is 2.30. The molecule has 1 N–H and O–H groups in total. The van der Waals surface area contributed by atoms with Crippen molar-refractivity contribution in [1.82, 2.24) is 15.5 Å². The predicted molar refractivity (Wildman–Crippen MR) is 108 cm³/mol. The molecule has 1 aromatic heterocycles. The minimum atomic E-state index is -0.0980. The Morgan fingerprint density at radius 3 is 2.67 bits per heavy atom. The van der Waals surface area contributed by atoms with E-state index in [0.29, 0.717) is 22.7 Å². The van der Waals surface area contributed by atoms with Crippen molar-refractivity contribution >= 4 is 35.0 Å². The van der Waals surface area contributed by atoms with Crippen LogP contribution in [0.1, 0.15) is 5.56 Å². The minimum absolute atomic E-state index is 0.0980. The fourth-order valence-corrected chi connectivity index (χ4v) is 3.08. The number of halogens is 1. The summed E-state index contributed by atoms with van der Waals surface area (Å²) >= 11 is 7.16. The molecule has 0 fully saturated rings. The van der Waals surface area contributed by atoms with Crippen molar-refractivity contribution in [3.63, 3.8) is 0 Å². The van der Waals surface area contributed by atoms with Gasteiger partial charge < -0.3 is 14.6 Å². The molecular formula is C19H19ClN4O2S. The predicted octanol–water partition coefficient (Wildman–Crippen LogP) is 3.86. The zero-order valence-electron chi connectivity index (χ0n) is 15.0. The van der Waals surface area contributed by atoms with E-state index in [9.17, 15) is 4.79 Å². The Labute approximate surface area is 166 Å². The van der Waals surface area contributed by atoms with Crippen LogP contribution in [0.15, 0.2) is 58.2 Å². The highest BCUT2D eigenvalue weighted by molar-refractivity contribution is 7.99. The summed E-state index contributed by atoms with van der Waals surface area (Å²) in [6.07, 6.45) is 0. The summed E-state index contributed by atoms with van der Waals surface area (Å²) in [5.41, 5.74) is 2.90. The van der Waals surface area contributed by atoms with Crippen molar-refractivity contribution in [1.29, 1.82) is 0 Å². The summed E-state index contributed by atoms with van der Waals surface area (Å²) in [6.45, 7) is 0.477. The maximum atomic E-state index is 12.0. The van der Waals surface area contributed by atoms with Crippen LogP contribution in [0, 0.1) is 0 Å². The first-order valence-corrected chi connectivity index (χ1v) is 9.63. The number of nitrogens with zero attached hydrogens (tertiary/aromatic N) is 3. The van der Waals surface area contributed by atoms with Gasteiger partial charge >= 0.3 is 0 Å². The highest BCUT2D eigenvalue weighted by Gasteiger charge is 2.11. The first-order valence-electron chi connectivity index (χ1n) is 8.26. The zero-order valence-corrected chi connectivity index (χ0v) is 16.5. The van der Waals surface area contributed by atoms with Gasteiger partial charge in [-0.05, 0) is 35.9 Å². The molecule has 0 bridgehead atoms. The fraction of sp³-hybridized carbons (Fsp3) is 0.211. The molecule has 0 spiro atoms. The molecule has 0 aliphatic carbocycles. The Bertz CT molecular complexity index is 912. The van der Waals surface area contributed by atoms with Gasteiger partial charge in [-0.25, -0.2) is 0 Å². The normalized spacial score (nSPS) is 10.6. The van der Waals surface area contributed by atoms with Crippen molar-refractivity contribution in [2.24, 2.45) is 0 Å². The van der Waals surface area contributed by atoms with Crippen LogP contribution in [0.2, 0.25) is 5.02 Å². The van der Waals surface area contributed by atoms with E-state index in [1.54, 1.807) is 12.1 Å². The average Bonchev–Trinajstić information content (AvgIpc) is 3.14. The maximum absolute atomic E-state index is 12.0. The first kappa shape index (κ1) is 19.3. The molecular weight excluding hydrogens is 384 g/mol. The van der Waals surface area contributed by atoms with Gasteiger partial charge in [-0.1, -0.05) is 41.6 Å². The lowest BCUT2D eigenvalue weighted by molar-refractivity contribution is -0.118. The second-order valence-corrected chi connectivity index (χ2v) is 7.37. The van der Waals surface area contributed by atoms with Gasteiger partial charge in [0.25, 0.3) is 5.22 Å². The third-order valence-corrected chi connectivity index (χ3v) is 4.80. The highest BCUT2D eigenvalue weighted by Crippen LogP contribution is 2.25. The van der Waals surface area contributed by atoms with E-state index >= 15 is 0 Å². The zero-order chi connectivity index (χ0) is 19.2. The molecule has 0 aliphatic heterocycles. The van der Waals surface area contributed by atoms with Gasteiger partial charge in [-0.15, -0.1) is 10.2 Å². The van der Waals surface area contributed by atoms with Crippen LogP contribution in [0.25, 0.3) is 11.5 Å². The smallest absolute Gasteiger partial charge is 0.277 e. The Morgan fingerprint density at radius 1 is 1.19 bits per heavy atom. The van der Waals surface area contributed by atoms with E-state index in [1.165, 1.54) is 11.8 Å². The molecule has 27 heavy (non-hydrogen) atoms. The summed E-state index contributed by atoms with van der Waals surface area (Å²) in [4.78, 5) is 14.1. The average molecular weight is 403 g/mol. The van der Waals surface area contributed by atoms with Gasteiger partial charge in [0.15, 0.2) is 0 Å². The van der Waals surface area contributed by atoms with Crippen LogP contribution in [0.4, 0.5) is 5.69 Å². The molecule has 1 amide bonds. The molecule has 0 atom stereocenters. The highest BCUT2D eigenvalue weighted by atomic mass is 35.5. The van der Waals surface area contributed by atoms with Crippen molar-refractivity contribution < 1.29 is 9.21 Å². The van der Waals surface area contributed by atoms with Gasteiger partial charge in [-0.3, -0.25) is 4.79 Å². The number of nitrogens with one attached hydrogen (secondary N) is 1. The quantitative estimate of drug-likeness (QED) is 0.605. The van der Waals surface area contributed by atoms with Gasteiger partial charge in [-0.2, -0.15) is 0 Å². The van der Waals surface area contributed by atoms with Gasteiger partial charge in [0.2, 0.25) is 11.8 Å². The van der Waals surface area contributed by atoms with Crippen molar-refractivity contribution in [3.8, 4) is 11.5 Å². The third kappa shape index (κ3) is 5.48. The van der Waals surface area contributed by atoms with E-state index in [1.807, 2.05) is 55.4 Å². The number of carbonyl (C=O) groups excluding carboxylic acids is 1. The molecule has 0 saturated carbocycles. The van der Waals surface area contributed by atoms with E-state index in [0.717, 1.165) is 16.8 Å². The largest absolute Gasteiger partial charge is 0.411 e. The molecule has 8 heteroatoms. The number of hydrogen-bond donors (Lipinski definition) is 1. The molecule has 3 aromatic rings. The van der Waals surface area contributed by atoms with E-state index in [2.05, 4.69) is 15.5 Å². The summed E-state index contributed by atoms with van der Waals surface area (Å²) in [5, 5.41) is 11.8. The first-order chi connectivity index (χ1) is 13.0. The summed E-state index contributed by atoms with van der Waals surface area (Å²) < 4.78 is 5.57. The summed E-state index contributed by atoms with van der Waals surface area (Å²) in [7, 11) is 3.98. The molecule has 140 valence electrons. The molecule has 1 heterocycles. The van der Waals surface area contributed by atoms with Gasteiger partial charge in [0, 0.05) is 36.9 Å². The van der Waals surface area contributed by atoms with Crippen LogP contribution in [0.5, 0.6) is 0 Å². The number of carbonyl (C=O) groups is 1. The lowest BCUT2D eigenvalue weighted by atomic mass is 10.2. The summed E-state index contributed by atoms with van der Waals surface area (Å²) in [6, 6.07) is 15.2. The van der Waals surface area contributed by atoms with E-state index in [-0.39, 0.29) is 11.7 Å². The lowest BCUT2D eigenvalue weighted by Crippen LogP contribution is -2.24. The Morgan fingerprint density at radius 2 is 1.96 bits per heavy atom. The third-order valence-electron chi connectivity index (χ3n) is 3.75. The Hall–Kier alpha value is -2.51. The number of thioether (sulfide) groups is 1. The molecule has 3 rings (SSSR count). The SMILES string of the molecule is CN(C)c1ccc(CNC(=O)CSc2nnc(-c3cccc(Cl)c3)o2)cc1. The number of rotatable bonds is 7. The lowest BCUT2D eigenvalue weighted by Gasteiger charge is -2.12. The van der Waals surface area contributed by atoms with Crippen molar-refractivity contribution in [2.75, 3.05) is 24.7 Å². The molecule has 2 aromatic carbocycles. The molecule has 6 nitrogen and oxygen atoms in total. The van der Waals surface area contributed by atoms with Gasteiger partial charge in [0.1, 0.15) is 0 Å². The standard InChI is InChI=1S/C19H19ClN4O2S/c1-24(2)16-8-6-13(7-9-16)11-21-17(25)12-27-19-23-22-18(26-19)14-4-3-5-15(20)10-14/h3-10H,11-12H2,1-2H3,(H,21,25). The van der Waals surface area contributed by atoms with Crippen molar-refractivity contribution in [3.05, 3.63) is 59.1 Å². The molecule has 0 aliphatic rings. The van der Waals surface area contributed by atoms with E-state index in [4.69, 9.17) is 16.0 Å². The molecule has 0 unspecified atom stereocenters. The monoisotopic (exact) mass is 402 g/mol. The number of benzene rings is 2. The van der Waals surface area contributed by atoms with Crippen LogP contribution in [0.3, 0.4) is 0 Å². The van der Waals surface area contributed by atoms with E-state index < -0.39 is 0 Å². The van der Waals surface area contributed by atoms with Gasteiger partial charge in [0.05, 0.1) is 5.75 Å². The minimum Gasteiger partial charge on any atom is -0.411 e. The second kappa shape index (κ2) is 8.92. The van der Waals surface area contributed by atoms with Crippen molar-refractivity contribution in [2.45, 2.75) is 11.8 Å². The molecule has 0 saturated heterocycles. The van der Waals surface area contributed by atoms with Crippen LogP contribution in [-0.2, 0) is 11.3 Å². The number of aromatic nitrogens is 2. The van der Waals surface area contributed by atoms with Crippen LogP contribution >= 0.6 is 23.4 Å². The Balaban J connectivity index is 1.48. The van der Waals surface area contributed by atoms with Crippen LogP contribution < -0.4 is 10.2 Å². The topological polar surface area (TPSA) is 71.3 Å². The number of anilines is 1. The number of amides is 1. The Kier molecular flexibility index (Phi) is 6.36. The van der Waals surface area contributed by atoms with Crippen LogP contribution in [-0.4, -0.2) is 36.0 Å². The number of hydrogen-bond acceptors (Lipinski definition) is 6. The second-order valence-electron chi connectivity index (χ2n) is 6.01. The maximum Gasteiger partial charge on any atom is 0.277 e. The summed E-state index contributed by atoms with van der Waals surface area (Å²) in [5.74, 6) is 0.480. The molecule has 0 radical (unpaired) electrons.